The van der Waals surface area contributed by atoms with Gasteiger partial charge in [-0.25, -0.2) is 9.37 Å². The third-order valence-corrected chi connectivity index (χ3v) is 4.61. The number of hydrogen-bond acceptors (Lipinski definition) is 3. The van der Waals surface area contributed by atoms with Gasteiger partial charge in [-0.3, -0.25) is 0 Å². The molecule has 1 N–H and O–H groups in total. The number of nitrogens with zero attached hydrogens (tertiary/aromatic N) is 1. The molecule has 0 spiro atoms. The first-order valence-electron chi connectivity index (χ1n) is 6.26. The molecule has 0 saturated carbocycles. The van der Waals surface area contributed by atoms with Gasteiger partial charge in [-0.05, 0) is 31.5 Å². The normalized spacial score (nSPS) is 12.7. The molecule has 0 radical (unpaired) electrons. The summed E-state index contributed by atoms with van der Waals surface area (Å²) in [4.78, 5) is 4.40. The largest absolute Gasteiger partial charge is 0.310 e. The van der Waals surface area contributed by atoms with E-state index in [0.29, 0.717) is 10.6 Å². The molecule has 0 saturated heterocycles. The lowest BCUT2D eigenvalue weighted by Gasteiger charge is -2.16. The van der Waals surface area contributed by atoms with E-state index in [1.165, 1.54) is 12.1 Å². The molecule has 1 aromatic heterocycles. The molecule has 0 fully saturated rings. The number of halogens is 3. The monoisotopic (exact) mass is 332 g/mol. The lowest BCUT2D eigenvalue weighted by molar-refractivity contribution is 0.567. The zero-order valence-corrected chi connectivity index (χ0v) is 13.5. The Morgan fingerprint density at radius 3 is 2.75 bits per heavy atom. The van der Waals surface area contributed by atoms with Crippen LogP contribution < -0.4 is 5.32 Å². The van der Waals surface area contributed by atoms with Gasteiger partial charge in [-0.15, -0.1) is 11.3 Å². The predicted octanol–water partition coefficient (Wildman–Crippen LogP) is 4.79. The molecule has 2 rings (SSSR count). The first-order valence-corrected chi connectivity index (χ1v) is 7.89. The molecule has 0 amide bonds. The van der Waals surface area contributed by atoms with E-state index < -0.39 is 5.82 Å². The smallest absolute Gasteiger partial charge is 0.142 e. The predicted molar refractivity (Wildman–Crippen MR) is 83.4 cm³/mol. The maximum Gasteiger partial charge on any atom is 0.142 e. The standard InChI is InChI=1S/C14H15Cl2FN2S/c1-8-7-20-14(19-8)3-4-18-9(2)10-5-13(17)12(16)6-11(10)15/h5-7,9,18H,3-4H2,1-2H3. The highest BCUT2D eigenvalue weighted by atomic mass is 35.5. The van der Waals surface area contributed by atoms with Crippen molar-refractivity contribution >= 4 is 34.5 Å². The van der Waals surface area contributed by atoms with Crippen LogP contribution in [0.3, 0.4) is 0 Å². The van der Waals surface area contributed by atoms with Gasteiger partial charge in [0.25, 0.3) is 0 Å². The summed E-state index contributed by atoms with van der Waals surface area (Å²) in [5, 5.41) is 6.96. The van der Waals surface area contributed by atoms with Crippen molar-refractivity contribution in [3.8, 4) is 0 Å². The van der Waals surface area contributed by atoms with Crippen molar-refractivity contribution in [2.75, 3.05) is 6.54 Å². The molecular weight excluding hydrogens is 318 g/mol. The van der Waals surface area contributed by atoms with E-state index in [4.69, 9.17) is 23.2 Å². The number of aromatic nitrogens is 1. The SMILES string of the molecule is Cc1csc(CCNC(C)c2cc(F)c(Cl)cc2Cl)n1. The minimum absolute atomic E-state index is 0.0456. The number of rotatable bonds is 5. The Morgan fingerprint density at radius 2 is 2.10 bits per heavy atom. The summed E-state index contributed by atoms with van der Waals surface area (Å²) in [6.07, 6.45) is 0.844. The number of thiazole rings is 1. The van der Waals surface area contributed by atoms with E-state index in [9.17, 15) is 4.39 Å². The fraction of sp³-hybridized carbons (Fsp3) is 0.357. The first-order chi connectivity index (χ1) is 9.47. The summed E-state index contributed by atoms with van der Waals surface area (Å²) in [5.41, 5.74) is 1.75. The van der Waals surface area contributed by atoms with E-state index >= 15 is 0 Å². The van der Waals surface area contributed by atoms with Gasteiger partial charge < -0.3 is 5.32 Å². The molecule has 0 aliphatic heterocycles. The molecule has 1 heterocycles. The number of benzene rings is 1. The molecule has 108 valence electrons. The van der Waals surface area contributed by atoms with Gasteiger partial charge in [0, 0.05) is 35.1 Å². The Bertz CT molecular complexity index is 601. The molecule has 0 bridgehead atoms. The van der Waals surface area contributed by atoms with Crippen LogP contribution in [-0.4, -0.2) is 11.5 Å². The Morgan fingerprint density at radius 1 is 1.35 bits per heavy atom. The van der Waals surface area contributed by atoms with E-state index in [-0.39, 0.29) is 11.1 Å². The molecule has 0 aliphatic carbocycles. The minimum atomic E-state index is -0.449. The molecule has 6 heteroatoms. The third-order valence-electron chi connectivity index (χ3n) is 2.96. The van der Waals surface area contributed by atoms with Gasteiger partial charge >= 0.3 is 0 Å². The zero-order chi connectivity index (χ0) is 14.7. The summed E-state index contributed by atoms with van der Waals surface area (Å²) in [6, 6.07) is 2.78. The third kappa shape index (κ3) is 3.92. The van der Waals surface area contributed by atoms with Crippen LogP contribution in [0, 0.1) is 12.7 Å². The summed E-state index contributed by atoms with van der Waals surface area (Å²) >= 11 is 13.4. The maximum absolute atomic E-state index is 13.5. The second-order valence-electron chi connectivity index (χ2n) is 4.60. The van der Waals surface area contributed by atoms with Crippen LogP contribution in [0.2, 0.25) is 10.0 Å². The fourth-order valence-electron chi connectivity index (χ4n) is 1.89. The van der Waals surface area contributed by atoms with Gasteiger partial charge in [0.15, 0.2) is 0 Å². The molecule has 0 aliphatic rings. The molecule has 1 unspecified atom stereocenters. The summed E-state index contributed by atoms with van der Waals surface area (Å²) < 4.78 is 13.5. The highest BCUT2D eigenvalue weighted by Crippen LogP contribution is 2.28. The van der Waals surface area contributed by atoms with Crippen LogP contribution >= 0.6 is 34.5 Å². The van der Waals surface area contributed by atoms with E-state index in [2.05, 4.69) is 10.3 Å². The van der Waals surface area contributed by atoms with Crippen molar-refractivity contribution in [2.45, 2.75) is 26.3 Å². The average molecular weight is 333 g/mol. The molecule has 1 aromatic carbocycles. The van der Waals surface area contributed by atoms with Crippen molar-refractivity contribution < 1.29 is 4.39 Å². The van der Waals surface area contributed by atoms with Crippen LogP contribution in [0.1, 0.15) is 29.2 Å². The maximum atomic E-state index is 13.5. The summed E-state index contributed by atoms with van der Waals surface area (Å²) in [6.45, 7) is 4.68. The van der Waals surface area contributed by atoms with Gasteiger partial charge in [-0.1, -0.05) is 23.2 Å². The Kier molecular flexibility index (Phi) is 5.38. The van der Waals surface area contributed by atoms with Gasteiger partial charge in [0.05, 0.1) is 10.0 Å². The molecule has 2 aromatic rings. The van der Waals surface area contributed by atoms with E-state index in [1.807, 2.05) is 19.2 Å². The van der Waals surface area contributed by atoms with Crippen LogP contribution in [0.15, 0.2) is 17.5 Å². The van der Waals surface area contributed by atoms with Crippen molar-refractivity contribution in [2.24, 2.45) is 0 Å². The minimum Gasteiger partial charge on any atom is -0.310 e. The summed E-state index contributed by atoms with van der Waals surface area (Å²) in [7, 11) is 0. The van der Waals surface area contributed by atoms with Crippen molar-refractivity contribution in [1.29, 1.82) is 0 Å². The molecule has 2 nitrogen and oxygen atoms in total. The second kappa shape index (κ2) is 6.85. The lowest BCUT2D eigenvalue weighted by Crippen LogP contribution is -2.21. The lowest BCUT2D eigenvalue weighted by atomic mass is 10.1. The topological polar surface area (TPSA) is 24.9 Å². The molecule has 1 atom stereocenters. The van der Waals surface area contributed by atoms with Crippen molar-refractivity contribution in [1.82, 2.24) is 10.3 Å². The van der Waals surface area contributed by atoms with Crippen molar-refractivity contribution in [3.05, 3.63) is 49.6 Å². The average Bonchev–Trinajstić information content (AvgIpc) is 2.79. The van der Waals surface area contributed by atoms with Crippen molar-refractivity contribution in [3.63, 3.8) is 0 Å². The zero-order valence-electron chi connectivity index (χ0n) is 11.2. The highest BCUT2D eigenvalue weighted by molar-refractivity contribution is 7.09. The molecule has 20 heavy (non-hydrogen) atoms. The number of aryl methyl sites for hydroxylation is 1. The van der Waals surface area contributed by atoms with Crippen LogP contribution in [-0.2, 0) is 6.42 Å². The molecular formula is C14H15Cl2FN2S. The number of nitrogens with one attached hydrogen (secondary N) is 1. The Hall–Kier alpha value is -0.680. The fourth-order valence-corrected chi connectivity index (χ4v) is 3.22. The Balaban J connectivity index is 1.95. The van der Waals surface area contributed by atoms with E-state index in [1.54, 1.807) is 11.3 Å². The van der Waals surface area contributed by atoms with Crippen LogP contribution in [0.25, 0.3) is 0 Å². The van der Waals surface area contributed by atoms with Gasteiger partial charge in [0.2, 0.25) is 0 Å². The summed E-state index contributed by atoms with van der Waals surface area (Å²) in [5.74, 6) is -0.449. The Labute approximate surface area is 131 Å². The number of hydrogen-bond donors (Lipinski definition) is 1. The van der Waals surface area contributed by atoms with Crippen LogP contribution in [0.5, 0.6) is 0 Å². The van der Waals surface area contributed by atoms with Crippen LogP contribution in [0.4, 0.5) is 4.39 Å². The van der Waals surface area contributed by atoms with E-state index in [0.717, 1.165) is 23.7 Å². The highest BCUT2D eigenvalue weighted by Gasteiger charge is 2.13. The van der Waals surface area contributed by atoms with Gasteiger partial charge in [0.1, 0.15) is 5.82 Å². The quantitative estimate of drug-likeness (QED) is 0.796. The first kappa shape index (κ1) is 15.7. The van der Waals surface area contributed by atoms with Gasteiger partial charge in [-0.2, -0.15) is 0 Å². The second-order valence-corrected chi connectivity index (χ2v) is 6.35.